The highest BCUT2D eigenvalue weighted by atomic mass is 16.1. The SMILES string of the molecule is NCc1nccnc1N1CCC(C(N)=O)C1. The predicted octanol–water partition coefficient (Wildman–Crippen LogP) is -0.753. The van der Waals surface area contributed by atoms with Crippen LogP contribution in [0, 0.1) is 5.92 Å². The van der Waals surface area contributed by atoms with Crippen LogP contribution < -0.4 is 16.4 Å². The molecule has 6 nitrogen and oxygen atoms in total. The van der Waals surface area contributed by atoms with E-state index in [4.69, 9.17) is 11.5 Å². The van der Waals surface area contributed by atoms with Crippen molar-refractivity contribution in [2.75, 3.05) is 18.0 Å². The average Bonchev–Trinajstić information content (AvgIpc) is 2.78. The van der Waals surface area contributed by atoms with E-state index in [1.807, 2.05) is 4.90 Å². The molecule has 0 radical (unpaired) electrons. The van der Waals surface area contributed by atoms with Gasteiger partial charge in [-0.15, -0.1) is 0 Å². The molecule has 0 bridgehead atoms. The minimum atomic E-state index is -0.249. The van der Waals surface area contributed by atoms with Gasteiger partial charge in [0.1, 0.15) is 0 Å². The van der Waals surface area contributed by atoms with Crippen LogP contribution in [0.3, 0.4) is 0 Å². The Morgan fingerprint density at radius 3 is 2.88 bits per heavy atom. The van der Waals surface area contributed by atoms with Gasteiger partial charge in [0.15, 0.2) is 5.82 Å². The molecule has 1 aliphatic rings. The lowest BCUT2D eigenvalue weighted by Crippen LogP contribution is -2.28. The van der Waals surface area contributed by atoms with Gasteiger partial charge in [-0.05, 0) is 6.42 Å². The third-order valence-electron chi connectivity index (χ3n) is 2.84. The van der Waals surface area contributed by atoms with E-state index in [0.29, 0.717) is 13.1 Å². The molecule has 1 saturated heterocycles. The highest BCUT2D eigenvalue weighted by Crippen LogP contribution is 2.23. The quantitative estimate of drug-likeness (QED) is 0.699. The molecule has 4 N–H and O–H groups in total. The van der Waals surface area contributed by atoms with Crippen LogP contribution in [0.15, 0.2) is 12.4 Å². The second-order valence-corrected chi connectivity index (χ2v) is 3.86. The van der Waals surface area contributed by atoms with E-state index in [9.17, 15) is 4.79 Å². The van der Waals surface area contributed by atoms with E-state index in [-0.39, 0.29) is 11.8 Å². The number of carbonyl (C=O) groups is 1. The smallest absolute Gasteiger partial charge is 0.222 e. The van der Waals surface area contributed by atoms with E-state index in [0.717, 1.165) is 24.5 Å². The number of amides is 1. The lowest BCUT2D eigenvalue weighted by Gasteiger charge is -2.18. The Hall–Kier alpha value is -1.69. The van der Waals surface area contributed by atoms with Crippen LogP contribution in [0.1, 0.15) is 12.1 Å². The summed E-state index contributed by atoms with van der Waals surface area (Å²) in [4.78, 5) is 21.5. The maximum Gasteiger partial charge on any atom is 0.222 e. The van der Waals surface area contributed by atoms with Crippen LogP contribution in [-0.2, 0) is 11.3 Å². The summed E-state index contributed by atoms with van der Waals surface area (Å²) < 4.78 is 0. The summed E-state index contributed by atoms with van der Waals surface area (Å²) >= 11 is 0. The fourth-order valence-corrected chi connectivity index (χ4v) is 1.95. The average molecular weight is 221 g/mol. The Morgan fingerprint density at radius 1 is 1.50 bits per heavy atom. The van der Waals surface area contributed by atoms with Crippen LogP contribution in [0.2, 0.25) is 0 Å². The van der Waals surface area contributed by atoms with Crippen molar-refractivity contribution in [1.82, 2.24) is 9.97 Å². The molecule has 0 spiro atoms. The summed E-state index contributed by atoms with van der Waals surface area (Å²) in [5, 5.41) is 0. The highest BCUT2D eigenvalue weighted by molar-refractivity contribution is 5.78. The van der Waals surface area contributed by atoms with Crippen LogP contribution in [0.25, 0.3) is 0 Å². The molecule has 0 aromatic carbocycles. The summed E-state index contributed by atoms with van der Waals surface area (Å²) in [6, 6.07) is 0. The lowest BCUT2D eigenvalue weighted by molar-refractivity contribution is -0.121. The number of carbonyl (C=O) groups excluding carboxylic acids is 1. The third kappa shape index (κ3) is 1.96. The summed E-state index contributed by atoms with van der Waals surface area (Å²) in [5.74, 6) is 0.432. The molecule has 1 aliphatic heterocycles. The minimum absolute atomic E-state index is 0.0902. The van der Waals surface area contributed by atoms with Gasteiger partial charge >= 0.3 is 0 Å². The first-order valence-electron chi connectivity index (χ1n) is 5.26. The first kappa shape index (κ1) is 10.8. The molecule has 1 aromatic rings. The number of hydrogen-bond acceptors (Lipinski definition) is 5. The number of nitrogens with zero attached hydrogens (tertiary/aromatic N) is 3. The topological polar surface area (TPSA) is 98.1 Å². The first-order valence-corrected chi connectivity index (χ1v) is 5.26. The number of hydrogen-bond donors (Lipinski definition) is 2. The van der Waals surface area contributed by atoms with Crippen molar-refractivity contribution in [2.45, 2.75) is 13.0 Å². The fraction of sp³-hybridized carbons (Fsp3) is 0.500. The standard InChI is InChI=1S/C10H15N5O/c11-5-8-10(14-3-2-13-8)15-4-1-7(6-15)9(12)16/h2-3,7H,1,4-6,11H2,(H2,12,16). The third-order valence-corrected chi connectivity index (χ3v) is 2.84. The fourth-order valence-electron chi connectivity index (χ4n) is 1.95. The lowest BCUT2D eigenvalue weighted by atomic mass is 10.1. The largest absolute Gasteiger partial charge is 0.369 e. The van der Waals surface area contributed by atoms with E-state index < -0.39 is 0 Å². The number of primary amides is 1. The van der Waals surface area contributed by atoms with E-state index in [1.165, 1.54) is 0 Å². The Bertz CT molecular complexity index is 395. The molecule has 1 atom stereocenters. The van der Waals surface area contributed by atoms with Crippen LogP contribution in [-0.4, -0.2) is 29.0 Å². The molecule has 0 saturated carbocycles. The molecule has 1 aromatic heterocycles. The zero-order valence-electron chi connectivity index (χ0n) is 8.97. The maximum absolute atomic E-state index is 11.1. The highest BCUT2D eigenvalue weighted by Gasteiger charge is 2.28. The van der Waals surface area contributed by atoms with Crippen molar-refractivity contribution in [1.29, 1.82) is 0 Å². The summed E-state index contributed by atoms with van der Waals surface area (Å²) in [6.45, 7) is 1.74. The van der Waals surface area contributed by atoms with Crippen molar-refractivity contribution < 1.29 is 4.79 Å². The van der Waals surface area contributed by atoms with Gasteiger partial charge < -0.3 is 16.4 Å². The molecule has 1 amide bonds. The summed E-state index contributed by atoms with van der Waals surface area (Å²) in [6.07, 6.45) is 4.02. The van der Waals surface area contributed by atoms with Gasteiger partial charge in [0, 0.05) is 32.0 Å². The molecule has 2 rings (SSSR count). The van der Waals surface area contributed by atoms with Gasteiger partial charge in [0.25, 0.3) is 0 Å². The molecule has 2 heterocycles. The van der Waals surface area contributed by atoms with E-state index in [1.54, 1.807) is 12.4 Å². The number of aromatic nitrogens is 2. The zero-order chi connectivity index (χ0) is 11.5. The van der Waals surface area contributed by atoms with Crippen LogP contribution in [0.4, 0.5) is 5.82 Å². The van der Waals surface area contributed by atoms with Gasteiger partial charge in [-0.3, -0.25) is 9.78 Å². The molecular weight excluding hydrogens is 206 g/mol. The Morgan fingerprint density at radius 2 is 2.25 bits per heavy atom. The zero-order valence-corrected chi connectivity index (χ0v) is 8.97. The Kier molecular flexibility index (Phi) is 3.00. The second kappa shape index (κ2) is 4.44. The summed E-state index contributed by atoms with van der Waals surface area (Å²) in [7, 11) is 0. The predicted molar refractivity (Wildman–Crippen MR) is 59.4 cm³/mol. The Balaban J connectivity index is 2.17. The van der Waals surface area contributed by atoms with Gasteiger partial charge in [0.2, 0.25) is 5.91 Å². The first-order chi connectivity index (χ1) is 7.72. The summed E-state index contributed by atoms with van der Waals surface area (Å²) in [5.41, 5.74) is 11.6. The molecule has 6 heteroatoms. The van der Waals surface area contributed by atoms with Gasteiger partial charge in [-0.2, -0.15) is 0 Å². The minimum Gasteiger partial charge on any atom is -0.369 e. The monoisotopic (exact) mass is 221 g/mol. The van der Waals surface area contributed by atoms with Gasteiger partial charge in [-0.1, -0.05) is 0 Å². The van der Waals surface area contributed by atoms with Gasteiger partial charge in [-0.25, -0.2) is 4.98 Å². The Labute approximate surface area is 93.7 Å². The van der Waals surface area contributed by atoms with E-state index >= 15 is 0 Å². The molecule has 0 aliphatic carbocycles. The van der Waals surface area contributed by atoms with E-state index in [2.05, 4.69) is 9.97 Å². The number of rotatable bonds is 3. The normalized spacial score (nSPS) is 20.1. The van der Waals surface area contributed by atoms with Crippen molar-refractivity contribution in [3.63, 3.8) is 0 Å². The second-order valence-electron chi connectivity index (χ2n) is 3.86. The van der Waals surface area contributed by atoms with Crippen molar-refractivity contribution in [3.05, 3.63) is 18.1 Å². The molecule has 16 heavy (non-hydrogen) atoms. The number of nitrogens with two attached hydrogens (primary N) is 2. The number of anilines is 1. The van der Waals surface area contributed by atoms with Crippen molar-refractivity contribution in [2.24, 2.45) is 17.4 Å². The van der Waals surface area contributed by atoms with Crippen molar-refractivity contribution in [3.8, 4) is 0 Å². The molecule has 86 valence electrons. The molecule has 1 fully saturated rings. The van der Waals surface area contributed by atoms with Gasteiger partial charge in [0.05, 0.1) is 11.6 Å². The molecule has 1 unspecified atom stereocenters. The van der Waals surface area contributed by atoms with Crippen LogP contribution in [0.5, 0.6) is 0 Å². The maximum atomic E-state index is 11.1. The van der Waals surface area contributed by atoms with Crippen molar-refractivity contribution >= 4 is 11.7 Å². The molecular formula is C10H15N5O. The van der Waals surface area contributed by atoms with Crippen LogP contribution >= 0.6 is 0 Å².